The average molecular weight is 246 g/mol. The Balaban J connectivity index is 1.81. The van der Waals surface area contributed by atoms with Crippen LogP contribution in [0.2, 0.25) is 0 Å². The van der Waals surface area contributed by atoms with Crippen LogP contribution in [0, 0.1) is 0 Å². The van der Waals surface area contributed by atoms with Crippen LogP contribution < -0.4 is 5.84 Å². The van der Waals surface area contributed by atoms with Crippen molar-refractivity contribution in [2.24, 2.45) is 0 Å². The van der Waals surface area contributed by atoms with E-state index in [4.69, 9.17) is 5.84 Å². The third kappa shape index (κ3) is 1.84. The van der Waals surface area contributed by atoms with E-state index in [1.165, 1.54) is 16.6 Å². The Kier molecular flexibility index (Phi) is 2.45. The fraction of sp³-hybridized carbons (Fsp3) is 0.100. The largest absolute Gasteiger partial charge is 0.335 e. The quantitative estimate of drug-likeness (QED) is 0.549. The van der Waals surface area contributed by atoms with Crippen LogP contribution in [0.4, 0.5) is 0 Å². The van der Waals surface area contributed by atoms with Gasteiger partial charge in [-0.1, -0.05) is 42.1 Å². The molecular weight excluding hydrogens is 236 g/mol. The number of fused-ring (bicyclic) bond motifs is 1. The maximum Gasteiger partial charge on any atom is 0.273 e. The maximum absolute atomic E-state index is 5.62. The Morgan fingerprint density at radius 2 is 2.00 bits per heavy atom. The normalized spacial score (nSPS) is 11.1. The lowest BCUT2D eigenvalue weighted by atomic mass is 10.2. The minimum absolute atomic E-state index is 0.542. The van der Waals surface area contributed by atoms with Crippen LogP contribution in [0.1, 0.15) is 5.56 Å². The van der Waals surface area contributed by atoms with Gasteiger partial charge in [0.25, 0.3) is 5.78 Å². The van der Waals surface area contributed by atoms with Crippen molar-refractivity contribution in [3.63, 3.8) is 0 Å². The Labute approximate surface area is 101 Å². The molecule has 0 aliphatic rings. The Hall–Kier alpha value is -2.02. The summed E-state index contributed by atoms with van der Waals surface area (Å²) in [6.45, 7) is 0. The monoisotopic (exact) mass is 246 g/mol. The molecule has 0 amide bonds. The number of nitrogen functional groups attached to an aromatic ring is 1. The van der Waals surface area contributed by atoms with Crippen molar-refractivity contribution in [3.8, 4) is 0 Å². The predicted molar refractivity (Wildman–Crippen MR) is 64.9 cm³/mol. The molecule has 0 atom stereocenters. The molecule has 17 heavy (non-hydrogen) atoms. The predicted octanol–water partition coefficient (Wildman–Crippen LogP) is 0.932. The summed E-state index contributed by atoms with van der Waals surface area (Å²) >= 11 is 1.58. The fourth-order valence-corrected chi connectivity index (χ4v) is 2.33. The summed E-state index contributed by atoms with van der Waals surface area (Å²) in [5.74, 6) is 6.99. The summed E-state index contributed by atoms with van der Waals surface area (Å²) in [7, 11) is 0. The first-order valence-corrected chi connectivity index (χ1v) is 6.04. The zero-order valence-electron chi connectivity index (χ0n) is 8.89. The van der Waals surface area contributed by atoms with Gasteiger partial charge in [-0.2, -0.15) is 9.61 Å². The first-order valence-electron chi connectivity index (χ1n) is 5.05. The van der Waals surface area contributed by atoms with E-state index in [1.54, 1.807) is 16.3 Å². The number of benzene rings is 1. The Morgan fingerprint density at radius 3 is 2.82 bits per heavy atom. The molecule has 0 unspecified atom stereocenters. The third-order valence-electron chi connectivity index (χ3n) is 2.33. The molecule has 0 saturated heterocycles. The number of nitrogens with zero attached hydrogens (tertiary/aromatic N) is 5. The fourth-order valence-electron chi connectivity index (χ4n) is 1.49. The minimum Gasteiger partial charge on any atom is -0.335 e. The van der Waals surface area contributed by atoms with Crippen LogP contribution in [0.5, 0.6) is 0 Å². The highest BCUT2D eigenvalue weighted by Gasteiger charge is 2.10. The van der Waals surface area contributed by atoms with Crippen molar-refractivity contribution < 1.29 is 0 Å². The molecule has 86 valence electrons. The van der Waals surface area contributed by atoms with Crippen LogP contribution in [-0.2, 0) is 5.75 Å². The van der Waals surface area contributed by atoms with Gasteiger partial charge >= 0.3 is 0 Å². The number of thioether (sulfide) groups is 1. The van der Waals surface area contributed by atoms with Gasteiger partial charge in [-0.05, 0) is 5.56 Å². The molecule has 0 saturated carbocycles. The molecule has 3 aromatic rings. The van der Waals surface area contributed by atoms with Gasteiger partial charge < -0.3 is 5.84 Å². The van der Waals surface area contributed by atoms with Gasteiger partial charge in [-0.15, -0.1) is 10.2 Å². The zero-order valence-corrected chi connectivity index (χ0v) is 9.71. The van der Waals surface area contributed by atoms with E-state index in [2.05, 4.69) is 27.4 Å². The number of nitrogens with two attached hydrogens (primary N) is 1. The zero-order chi connectivity index (χ0) is 11.7. The van der Waals surface area contributed by atoms with Gasteiger partial charge in [0.1, 0.15) is 6.33 Å². The molecule has 2 N–H and O–H groups in total. The van der Waals surface area contributed by atoms with Gasteiger partial charge in [0.15, 0.2) is 0 Å². The second kappa shape index (κ2) is 4.10. The van der Waals surface area contributed by atoms with Crippen LogP contribution >= 0.6 is 11.8 Å². The molecular formula is C10H10N6S. The van der Waals surface area contributed by atoms with Crippen molar-refractivity contribution >= 4 is 17.5 Å². The molecule has 0 aliphatic carbocycles. The highest BCUT2D eigenvalue weighted by Crippen LogP contribution is 2.20. The van der Waals surface area contributed by atoms with E-state index in [9.17, 15) is 0 Å². The Bertz CT molecular complexity index is 629. The van der Waals surface area contributed by atoms with Crippen molar-refractivity contribution in [1.82, 2.24) is 24.5 Å². The maximum atomic E-state index is 5.62. The molecule has 1 aromatic carbocycles. The third-order valence-corrected chi connectivity index (χ3v) is 3.32. The summed E-state index contributed by atoms with van der Waals surface area (Å²) in [6.07, 6.45) is 1.51. The average Bonchev–Trinajstić information content (AvgIpc) is 2.92. The SMILES string of the molecule is Nn1cnn2c(SCc3ccccc3)nnc12. The van der Waals surface area contributed by atoms with Gasteiger partial charge in [0.05, 0.1) is 0 Å². The van der Waals surface area contributed by atoms with Crippen LogP contribution in [0.3, 0.4) is 0 Å². The van der Waals surface area contributed by atoms with E-state index in [0.717, 1.165) is 10.9 Å². The topological polar surface area (TPSA) is 74.0 Å². The van der Waals surface area contributed by atoms with E-state index in [0.29, 0.717) is 5.78 Å². The van der Waals surface area contributed by atoms with Crippen molar-refractivity contribution in [2.45, 2.75) is 10.9 Å². The van der Waals surface area contributed by atoms with Crippen molar-refractivity contribution in [2.75, 3.05) is 5.84 Å². The van der Waals surface area contributed by atoms with Gasteiger partial charge in [-0.25, -0.2) is 4.68 Å². The van der Waals surface area contributed by atoms with Crippen molar-refractivity contribution in [3.05, 3.63) is 42.2 Å². The van der Waals surface area contributed by atoms with Crippen molar-refractivity contribution in [1.29, 1.82) is 0 Å². The molecule has 2 heterocycles. The molecule has 0 radical (unpaired) electrons. The standard InChI is InChI=1S/C10H10N6S/c11-15-7-12-16-9(15)13-14-10(16)17-6-8-4-2-1-3-5-8/h1-5,7H,6,11H2. The number of hydrogen-bond donors (Lipinski definition) is 1. The van der Waals surface area contributed by atoms with E-state index >= 15 is 0 Å². The van der Waals surface area contributed by atoms with E-state index < -0.39 is 0 Å². The lowest BCUT2D eigenvalue weighted by molar-refractivity contribution is 0.819. The van der Waals surface area contributed by atoms with Gasteiger partial charge in [0.2, 0.25) is 5.16 Å². The smallest absolute Gasteiger partial charge is 0.273 e. The first-order chi connectivity index (χ1) is 8.34. The lowest BCUT2D eigenvalue weighted by Gasteiger charge is -1.97. The Morgan fingerprint density at radius 1 is 1.18 bits per heavy atom. The minimum atomic E-state index is 0.542. The highest BCUT2D eigenvalue weighted by molar-refractivity contribution is 7.98. The van der Waals surface area contributed by atoms with Gasteiger partial charge in [0, 0.05) is 5.75 Å². The summed E-state index contributed by atoms with van der Waals surface area (Å²) in [4.78, 5) is 0. The second-order valence-corrected chi connectivity index (χ2v) is 4.45. The number of hydrogen-bond acceptors (Lipinski definition) is 5. The van der Waals surface area contributed by atoms with E-state index in [1.807, 2.05) is 18.2 Å². The number of rotatable bonds is 3. The van der Waals surface area contributed by atoms with Gasteiger partial charge in [-0.3, -0.25) is 0 Å². The molecule has 3 rings (SSSR count). The van der Waals surface area contributed by atoms with Crippen LogP contribution in [0.15, 0.2) is 41.8 Å². The summed E-state index contributed by atoms with van der Waals surface area (Å²) in [6, 6.07) is 10.2. The van der Waals surface area contributed by atoms with Crippen LogP contribution in [0.25, 0.3) is 5.78 Å². The number of aromatic nitrogens is 5. The second-order valence-electron chi connectivity index (χ2n) is 3.51. The molecule has 0 fully saturated rings. The molecule has 6 nitrogen and oxygen atoms in total. The van der Waals surface area contributed by atoms with E-state index in [-0.39, 0.29) is 0 Å². The summed E-state index contributed by atoms with van der Waals surface area (Å²) < 4.78 is 2.98. The molecule has 0 spiro atoms. The highest BCUT2D eigenvalue weighted by atomic mass is 32.2. The lowest BCUT2D eigenvalue weighted by Crippen LogP contribution is -2.06. The molecule has 7 heteroatoms. The molecule has 2 aromatic heterocycles. The first kappa shape index (κ1) is 10.2. The summed E-state index contributed by atoms with van der Waals surface area (Å²) in [5.41, 5.74) is 1.24. The molecule has 0 bridgehead atoms. The van der Waals surface area contributed by atoms with Crippen LogP contribution in [-0.4, -0.2) is 24.5 Å². The summed E-state index contributed by atoms with van der Waals surface area (Å²) in [5, 5.41) is 12.8. The molecule has 0 aliphatic heterocycles.